The molecule has 19 heavy (non-hydrogen) atoms. The minimum Gasteiger partial charge on any atom is -0.345 e. The molecule has 0 aromatic rings. The lowest BCUT2D eigenvalue weighted by atomic mass is 9.98. The SMILES string of the molecule is CN1CC(C(=O)N2CCN3CCCCC3C2)CC1=O. The zero-order valence-corrected chi connectivity index (χ0v) is 11.7. The molecule has 3 aliphatic rings. The molecule has 0 N–H and O–H groups in total. The summed E-state index contributed by atoms with van der Waals surface area (Å²) in [4.78, 5) is 30.3. The molecule has 0 bridgehead atoms. The molecule has 0 aromatic carbocycles. The number of hydrogen-bond donors (Lipinski definition) is 0. The molecule has 0 saturated carbocycles. The molecular formula is C14H23N3O2. The third-order valence-electron chi connectivity index (χ3n) is 4.84. The van der Waals surface area contributed by atoms with Gasteiger partial charge in [0.15, 0.2) is 0 Å². The maximum atomic E-state index is 12.5. The summed E-state index contributed by atoms with van der Waals surface area (Å²) >= 11 is 0. The van der Waals surface area contributed by atoms with Gasteiger partial charge in [-0.25, -0.2) is 0 Å². The van der Waals surface area contributed by atoms with E-state index in [0.29, 0.717) is 19.0 Å². The van der Waals surface area contributed by atoms with Gasteiger partial charge in [0.05, 0.1) is 5.92 Å². The molecule has 5 nitrogen and oxygen atoms in total. The molecule has 0 spiro atoms. The molecule has 3 rings (SSSR count). The summed E-state index contributed by atoms with van der Waals surface area (Å²) in [5.74, 6) is 0.199. The van der Waals surface area contributed by atoms with Crippen molar-refractivity contribution in [1.29, 1.82) is 0 Å². The van der Waals surface area contributed by atoms with E-state index >= 15 is 0 Å². The van der Waals surface area contributed by atoms with Crippen LogP contribution >= 0.6 is 0 Å². The number of piperazine rings is 1. The van der Waals surface area contributed by atoms with Gasteiger partial charge in [-0.05, 0) is 19.4 Å². The van der Waals surface area contributed by atoms with Crippen molar-refractivity contribution in [3.05, 3.63) is 0 Å². The standard InChI is InChI=1S/C14H23N3O2/c1-15-9-11(8-13(15)18)14(19)17-7-6-16-5-3-2-4-12(16)10-17/h11-12H,2-10H2,1H3. The van der Waals surface area contributed by atoms with Crippen molar-refractivity contribution in [2.45, 2.75) is 31.7 Å². The van der Waals surface area contributed by atoms with E-state index in [2.05, 4.69) is 4.90 Å². The molecule has 3 aliphatic heterocycles. The predicted molar refractivity (Wildman–Crippen MR) is 71.5 cm³/mol. The third kappa shape index (κ3) is 2.48. The van der Waals surface area contributed by atoms with Crippen LogP contribution in [0.4, 0.5) is 0 Å². The summed E-state index contributed by atoms with van der Waals surface area (Å²) in [7, 11) is 1.79. The number of hydrogen-bond acceptors (Lipinski definition) is 3. The Hall–Kier alpha value is -1.10. The second-order valence-electron chi connectivity index (χ2n) is 6.15. The van der Waals surface area contributed by atoms with E-state index in [1.54, 1.807) is 11.9 Å². The Morgan fingerprint density at radius 3 is 2.74 bits per heavy atom. The predicted octanol–water partition coefficient (Wildman–Crippen LogP) is 0.161. The molecule has 5 heteroatoms. The highest BCUT2D eigenvalue weighted by Crippen LogP contribution is 2.24. The van der Waals surface area contributed by atoms with Crippen LogP contribution in [0.15, 0.2) is 0 Å². The summed E-state index contributed by atoms with van der Waals surface area (Å²) in [6.45, 7) is 4.50. The smallest absolute Gasteiger partial charge is 0.228 e. The fourth-order valence-electron chi connectivity index (χ4n) is 3.64. The van der Waals surface area contributed by atoms with Crippen LogP contribution in [-0.2, 0) is 9.59 Å². The summed E-state index contributed by atoms with van der Waals surface area (Å²) in [6, 6.07) is 0.557. The minimum atomic E-state index is -0.104. The second-order valence-corrected chi connectivity index (χ2v) is 6.15. The first-order valence-corrected chi connectivity index (χ1v) is 7.42. The Labute approximate surface area is 114 Å². The van der Waals surface area contributed by atoms with Gasteiger partial charge in [0.1, 0.15) is 0 Å². The number of fused-ring (bicyclic) bond motifs is 1. The summed E-state index contributed by atoms with van der Waals surface area (Å²) in [5, 5.41) is 0. The number of carbonyl (C=O) groups excluding carboxylic acids is 2. The highest BCUT2D eigenvalue weighted by molar-refractivity contribution is 5.89. The van der Waals surface area contributed by atoms with Gasteiger partial charge in [0.2, 0.25) is 11.8 Å². The number of piperidine rings is 1. The van der Waals surface area contributed by atoms with E-state index < -0.39 is 0 Å². The average Bonchev–Trinajstić information content (AvgIpc) is 2.77. The molecule has 0 radical (unpaired) electrons. The van der Waals surface area contributed by atoms with E-state index in [-0.39, 0.29) is 17.7 Å². The molecule has 0 aromatic heterocycles. The molecule has 2 unspecified atom stereocenters. The summed E-state index contributed by atoms with van der Waals surface area (Å²) in [6.07, 6.45) is 4.20. The van der Waals surface area contributed by atoms with Crippen molar-refractivity contribution in [2.24, 2.45) is 5.92 Å². The maximum Gasteiger partial charge on any atom is 0.228 e. The number of likely N-dealkylation sites (tertiary alicyclic amines) is 1. The van der Waals surface area contributed by atoms with Crippen molar-refractivity contribution in [3.8, 4) is 0 Å². The number of rotatable bonds is 1. The highest BCUT2D eigenvalue weighted by Gasteiger charge is 2.38. The fourth-order valence-corrected chi connectivity index (χ4v) is 3.64. The molecule has 0 aliphatic carbocycles. The number of nitrogens with zero attached hydrogens (tertiary/aromatic N) is 3. The highest BCUT2D eigenvalue weighted by atomic mass is 16.2. The van der Waals surface area contributed by atoms with Crippen LogP contribution in [0.5, 0.6) is 0 Å². The monoisotopic (exact) mass is 265 g/mol. The van der Waals surface area contributed by atoms with E-state index in [4.69, 9.17) is 0 Å². The van der Waals surface area contributed by atoms with Crippen LogP contribution in [0, 0.1) is 5.92 Å². The second kappa shape index (κ2) is 5.12. The van der Waals surface area contributed by atoms with Crippen LogP contribution in [0.1, 0.15) is 25.7 Å². The average molecular weight is 265 g/mol. The van der Waals surface area contributed by atoms with Gasteiger partial charge in [0, 0.05) is 45.7 Å². The van der Waals surface area contributed by atoms with Gasteiger partial charge in [-0.2, -0.15) is 0 Å². The Morgan fingerprint density at radius 1 is 1.16 bits per heavy atom. The zero-order valence-electron chi connectivity index (χ0n) is 11.7. The molecule has 106 valence electrons. The van der Waals surface area contributed by atoms with Gasteiger partial charge in [-0.3, -0.25) is 14.5 Å². The first-order chi connectivity index (χ1) is 9.15. The topological polar surface area (TPSA) is 43.9 Å². The number of amides is 2. The van der Waals surface area contributed by atoms with Crippen molar-refractivity contribution < 1.29 is 9.59 Å². The van der Waals surface area contributed by atoms with E-state index in [9.17, 15) is 9.59 Å². The third-order valence-corrected chi connectivity index (χ3v) is 4.84. The first-order valence-electron chi connectivity index (χ1n) is 7.42. The van der Waals surface area contributed by atoms with Gasteiger partial charge < -0.3 is 9.80 Å². The molecule has 3 saturated heterocycles. The fraction of sp³-hybridized carbons (Fsp3) is 0.857. The summed E-state index contributed by atoms with van der Waals surface area (Å²) < 4.78 is 0. The van der Waals surface area contributed by atoms with Crippen molar-refractivity contribution in [1.82, 2.24) is 14.7 Å². The van der Waals surface area contributed by atoms with Crippen LogP contribution in [-0.4, -0.2) is 72.3 Å². The van der Waals surface area contributed by atoms with Gasteiger partial charge in [0.25, 0.3) is 0 Å². The largest absolute Gasteiger partial charge is 0.345 e. The Balaban J connectivity index is 1.60. The van der Waals surface area contributed by atoms with Gasteiger partial charge in [-0.15, -0.1) is 0 Å². The van der Waals surface area contributed by atoms with Crippen molar-refractivity contribution in [3.63, 3.8) is 0 Å². The lowest BCUT2D eigenvalue weighted by Crippen LogP contribution is -2.57. The van der Waals surface area contributed by atoms with Crippen molar-refractivity contribution >= 4 is 11.8 Å². The molecule has 2 amide bonds. The molecule has 3 heterocycles. The van der Waals surface area contributed by atoms with Gasteiger partial charge in [-0.1, -0.05) is 6.42 Å². The quantitative estimate of drug-likeness (QED) is 0.678. The number of carbonyl (C=O) groups is 2. The van der Waals surface area contributed by atoms with Crippen LogP contribution in [0.3, 0.4) is 0 Å². The Kier molecular flexibility index (Phi) is 3.48. The van der Waals surface area contributed by atoms with Crippen molar-refractivity contribution in [2.75, 3.05) is 39.8 Å². The normalized spacial score (nSPS) is 32.6. The van der Waals surface area contributed by atoms with E-state index in [0.717, 1.165) is 19.6 Å². The minimum absolute atomic E-state index is 0.104. The lowest BCUT2D eigenvalue weighted by Gasteiger charge is -2.44. The first kappa shape index (κ1) is 12.9. The molecule has 2 atom stereocenters. The Bertz CT molecular complexity index is 385. The maximum absolute atomic E-state index is 12.5. The van der Waals surface area contributed by atoms with E-state index in [1.165, 1.54) is 25.8 Å². The Morgan fingerprint density at radius 2 is 2.00 bits per heavy atom. The molecular weight excluding hydrogens is 242 g/mol. The van der Waals surface area contributed by atoms with Crippen LogP contribution in [0.25, 0.3) is 0 Å². The van der Waals surface area contributed by atoms with Crippen LogP contribution < -0.4 is 0 Å². The van der Waals surface area contributed by atoms with E-state index in [1.807, 2.05) is 4.90 Å². The molecule has 3 fully saturated rings. The lowest BCUT2D eigenvalue weighted by molar-refractivity contribution is -0.139. The summed E-state index contributed by atoms with van der Waals surface area (Å²) in [5.41, 5.74) is 0. The van der Waals surface area contributed by atoms with Crippen LogP contribution in [0.2, 0.25) is 0 Å². The zero-order chi connectivity index (χ0) is 13.4. The van der Waals surface area contributed by atoms with Gasteiger partial charge >= 0.3 is 0 Å².